The second kappa shape index (κ2) is 4.92. The Kier molecular flexibility index (Phi) is 4.14. The van der Waals surface area contributed by atoms with Crippen LogP contribution >= 0.6 is 38.5 Å². The van der Waals surface area contributed by atoms with Gasteiger partial charge in [-0.1, -0.05) is 0 Å². The highest BCUT2D eigenvalue weighted by atomic mass is 127. The third-order valence-corrected chi connectivity index (χ3v) is 2.72. The highest BCUT2D eigenvalue weighted by Crippen LogP contribution is 2.24. The molecule has 1 amide bonds. The van der Waals surface area contributed by atoms with Gasteiger partial charge in [-0.15, -0.1) is 0 Å². The van der Waals surface area contributed by atoms with Crippen LogP contribution in [0.25, 0.3) is 0 Å². The molecule has 0 radical (unpaired) electrons. The summed E-state index contributed by atoms with van der Waals surface area (Å²) in [6.07, 6.45) is 0. The van der Waals surface area contributed by atoms with Gasteiger partial charge in [-0.25, -0.2) is 0 Å². The minimum absolute atomic E-state index is 0.00156. The number of amides is 1. The summed E-state index contributed by atoms with van der Waals surface area (Å²) in [5.41, 5.74) is 5.92. The van der Waals surface area contributed by atoms with Crippen molar-refractivity contribution in [1.82, 2.24) is 0 Å². The lowest BCUT2D eigenvalue weighted by Gasteiger charge is -2.05. The Morgan fingerprint density at radius 3 is 2.85 bits per heavy atom. The van der Waals surface area contributed by atoms with Gasteiger partial charge in [0.1, 0.15) is 0 Å². The second-order valence-corrected chi connectivity index (χ2v) is 4.48. The molecule has 1 aromatic rings. The predicted molar refractivity (Wildman–Crippen MR) is 64.5 cm³/mol. The van der Waals surface area contributed by atoms with Gasteiger partial charge in [0.2, 0.25) is 5.91 Å². The number of nitrogens with one attached hydrogen (secondary N) is 1. The Morgan fingerprint density at radius 2 is 2.31 bits per heavy atom. The van der Waals surface area contributed by atoms with E-state index in [1.54, 1.807) is 0 Å². The van der Waals surface area contributed by atoms with Crippen LogP contribution in [0.15, 0.2) is 22.7 Å². The summed E-state index contributed by atoms with van der Waals surface area (Å²) >= 11 is 5.54. The Balaban J connectivity index is 2.83. The maximum absolute atomic E-state index is 11.0. The number of halogens is 2. The molecular formula is C8H8BrIN2O. The lowest BCUT2D eigenvalue weighted by molar-refractivity contribution is -0.114. The Hall–Kier alpha value is -0.140. The molecule has 0 bridgehead atoms. The molecule has 13 heavy (non-hydrogen) atoms. The van der Waals surface area contributed by atoms with E-state index in [4.69, 9.17) is 5.73 Å². The number of nitrogens with two attached hydrogens (primary N) is 1. The fraction of sp³-hybridized carbons (Fsp3) is 0.125. The number of rotatable bonds is 2. The van der Waals surface area contributed by atoms with Gasteiger partial charge >= 0.3 is 0 Å². The van der Waals surface area contributed by atoms with Crippen molar-refractivity contribution in [2.75, 3.05) is 11.9 Å². The average Bonchev–Trinajstić information content (AvgIpc) is 2.09. The zero-order valence-electron chi connectivity index (χ0n) is 6.68. The van der Waals surface area contributed by atoms with E-state index in [1.165, 1.54) is 0 Å². The molecule has 0 unspecified atom stereocenters. The first-order valence-electron chi connectivity index (χ1n) is 3.58. The first-order valence-corrected chi connectivity index (χ1v) is 5.45. The zero-order chi connectivity index (χ0) is 9.84. The lowest BCUT2D eigenvalue weighted by atomic mass is 10.3. The average molecular weight is 355 g/mol. The Morgan fingerprint density at radius 1 is 1.62 bits per heavy atom. The van der Waals surface area contributed by atoms with Gasteiger partial charge in [0.05, 0.1) is 12.2 Å². The molecular weight excluding hydrogens is 347 g/mol. The summed E-state index contributed by atoms with van der Waals surface area (Å²) in [5.74, 6) is -0.193. The van der Waals surface area contributed by atoms with Crippen LogP contribution < -0.4 is 11.1 Å². The quantitative estimate of drug-likeness (QED) is 0.797. The molecule has 70 valence electrons. The molecule has 1 rings (SSSR count). The Bertz CT molecular complexity index is 330. The van der Waals surface area contributed by atoms with Gasteiger partial charge in [0.25, 0.3) is 0 Å². The van der Waals surface area contributed by atoms with Crippen LogP contribution in [0.5, 0.6) is 0 Å². The van der Waals surface area contributed by atoms with Gasteiger partial charge < -0.3 is 11.1 Å². The van der Waals surface area contributed by atoms with Crippen molar-refractivity contribution >= 4 is 50.1 Å². The molecule has 3 nitrogen and oxygen atoms in total. The van der Waals surface area contributed by atoms with Gasteiger partial charge in [-0.3, -0.25) is 4.79 Å². The van der Waals surface area contributed by atoms with Gasteiger partial charge in [-0.2, -0.15) is 0 Å². The van der Waals surface area contributed by atoms with Crippen LogP contribution in [-0.4, -0.2) is 12.5 Å². The fourth-order valence-corrected chi connectivity index (χ4v) is 2.19. The maximum Gasteiger partial charge on any atom is 0.238 e. The van der Waals surface area contributed by atoms with Crippen LogP contribution in [0.3, 0.4) is 0 Å². The number of hydrogen-bond donors (Lipinski definition) is 2. The first-order chi connectivity index (χ1) is 6.13. The molecule has 1 aromatic carbocycles. The monoisotopic (exact) mass is 354 g/mol. The summed E-state index contributed by atoms with van der Waals surface area (Å²) in [6.45, 7) is -0.00156. The topological polar surface area (TPSA) is 55.1 Å². The predicted octanol–water partition coefficient (Wildman–Crippen LogP) is 1.95. The summed E-state index contributed by atoms with van der Waals surface area (Å²) in [6, 6.07) is 5.67. The zero-order valence-corrected chi connectivity index (χ0v) is 10.4. The van der Waals surface area contributed by atoms with E-state index < -0.39 is 0 Å². The molecule has 0 saturated heterocycles. The van der Waals surface area contributed by atoms with Crippen LogP contribution in [0.1, 0.15) is 0 Å². The third kappa shape index (κ3) is 3.24. The van der Waals surface area contributed by atoms with Crippen molar-refractivity contribution < 1.29 is 4.79 Å². The minimum atomic E-state index is -0.193. The van der Waals surface area contributed by atoms with Gasteiger partial charge in [0, 0.05) is 8.04 Å². The highest BCUT2D eigenvalue weighted by molar-refractivity contribution is 14.1. The smallest absolute Gasteiger partial charge is 0.238 e. The molecule has 5 heteroatoms. The molecule has 0 aliphatic heterocycles. The maximum atomic E-state index is 11.0. The van der Waals surface area contributed by atoms with Crippen molar-refractivity contribution in [3.8, 4) is 0 Å². The lowest BCUT2D eigenvalue weighted by Crippen LogP contribution is -2.21. The Labute approximate surface area is 98.3 Å². The van der Waals surface area contributed by atoms with E-state index in [1.807, 2.05) is 18.2 Å². The van der Waals surface area contributed by atoms with E-state index >= 15 is 0 Å². The first kappa shape index (κ1) is 10.9. The molecule has 0 fully saturated rings. The molecule has 0 spiro atoms. The van der Waals surface area contributed by atoms with Crippen molar-refractivity contribution in [3.05, 3.63) is 26.2 Å². The number of carbonyl (C=O) groups is 1. The van der Waals surface area contributed by atoms with E-state index in [9.17, 15) is 4.79 Å². The van der Waals surface area contributed by atoms with E-state index in [0.29, 0.717) is 0 Å². The van der Waals surface area contributed by atoms with E-state index in [2.05, 4.69) is 43.8 Å². The summed E-state index contributed by atoms with van der Waals surface area (Å²) in [7, 11) is 0. The van der Waals surface area contributed by atoms with Crippen molar-refractivity contribution in [3.63, 3.8) is 0 Å². The molecule has 0 saturated carbocycles. The second-order valence-electron chi connectivity index (χ2n) is 2.38. The molecule has 0 atom stereocenters. The van der Waals surface area contributed by atoms with Crippen LogP contribution in [0.2, 0.25) is 0 Å². The molecule has 3 N–H and O–H groups in total. The normalized spacial score (nSPS) is 9.77. The van der Waals surface area contributed by atoms with Crippen LogP contribution in [0.4, 0.5) is 5.69 Å². The number of anilines is 1. The van der Waals surface area contributed by atoms with E-state index in [0.717, 1.165) is 13.7 Å². The SMILES string of the molecule is NCC(=O)Nc1ccc(I)cc1Br. The van der Waals surface area contributed by atoms with Crippen molar-refractivity contribution in [2.24, 2.45) is 5.73 Å². The van der Waals surface area contributed by atoms with Crippen LogP contribution in [0, 0.1) is 3.57 Å². The van der Waals surface area contributed by atoms with Gasteiger partial charge in [0.15, 0.2) is 0 Å². The summed E-state index contributed by atoms with van der Waals surface area (Å²) in [5, 5.41) is 2.67. The van der Waals surface area contributed by atoms with Crippen molar-refractivity contribution in [1.29, 1.82) is 0 Å². The van der Waals surface area contributed by atoms with Crippen molar-refractivity contribution in [2.45, 2.75) is 0 Å². The number of benzene rings is 1. The number of carbonyl (C=O) groups excluding carboxylic acids is 1. The molecule has 0 aromatic heterocycles. The minimum Gasteiger partial charge on any atom is -0.324 e. The van der Waals surface area contributed by atoms with Gasteiger partial charge in [-0.05, 0) is 56.7 Å². The van der Waals surface area contributed by atoms with Crippen LogP contribution in [-0.2, 0) is 4.79 Å². The fourth-order valence-electron chi connectivity index (χ4n) is 0.792. The molecule has 0 aliphatic carbocycles. The largest absolute Gasteiger partial charge is 0.324 e. The molecule has 0 heterocycles. The summed E-state index contributed by atoms with van der Waals surface area (Å²) in [4.78, 5) is 11.0. The number of hydrogen-bond acceptors (Lipinski definition) is 2. The highest BCUT2D eigenvalue weighted by Gasteiger charge is 2.03. The standard InChI is InChI=1S/C8H8BrIN2O/c9-6-3-5(10)1-2-7(6)12-8(13)4-11/h1-3H,4,11H2,(H,12,13). The molecule has 0 aliphatic rings. The van der Waals surface area contributed by atoms with E-state index in [-0.39, 0.29) is 12.5 Å². The third-order valence-electron chi connectivity index (χ3n) is 1.39. The summed E-state index contributed by atoms with van der Waals surface area (Å²) < 4.78 is 1.97.